The number of aliphatic hydroxyl groups excluding tert-OH is 8. The summed E-state index contributed by atoms with van der Waals surface area (Å²) in [5, 5.41) is 135. The smallest absolute Gasteiger partial charge is 0.311 e. The van der Waals surface area contributed by atoms with Crippen LogP contribution in [0.15, 0.2) is 29.0 Å². The van der Waals surface area contributed by atoms with Crippen LogP contribution in [0.3, 0.4) is 0 Å². The highest BCUT2D eigenvalue weighted by atomic mass is 35.5. The molecule has 1 saturated carbocycles. The molecule has 0 spiro atoms. The number of aromatic hydroxyl groups is 1. The molecule has 5 heterocycles. The van der Waals surface area contributed by atoms with Gasteiger partial charge in [0.1, 0.15) is 82.4 Å². The fourth-order valence-electron chi connectivity index (χ4n) is 18.2. The number of likely N-dealkylation sites (tertiary alicyclic amines) is 1. The number of nitrogens with two attached hydrogens (primary N) is 1. The van der Waals surface area contributed by atoms with Gasteiger partial charge in [0.15, 0.2) is 24.0 Å². The van der Waals surface area contributed by atoms with E-state index < -0.39 is 207 Å². The number of esters is 1. The number of Topliss-reactive ketones (excluding diaryl/α,β-unsaturated/α-hetero) is 3. The van der Waals surface area contributed by atoms with Crippen molar-refractivity contribution in [2.75, 3.05) is 74.1 Å². The Morgan fingerprint density at radius 2 is 1.45 bits per heavy atom. The van der Waals surface area contributed by atoms with E-state index in [1.54, 1.807) is 74.9 Å². The number of phenols is 1. The number of carbonyl (C=O) groups is 6. The average molecular weight is 1620 g/mol. The summed E-state index contributed by atoms with van der Waals surface area (Å²) in [5.41, 5.74) is -2.39. The topological polar surface area (TPSA) is 461 Å². The van der Waals surface area contributed by atoms with Gasteiger partial charge in [-0.1, -0.05) is 41.0 Å². The summed E-state index contributed by atoms with van der Waals surface area (Å²) < 4.78 is 42.8. The normalized spacial score (nSPS) is 41.2. The number of benzene rings is 1. The van der Waals surface area contributed by atoms with E-state index in [9.17, 15) is 90.0 Å². The number of rotatable bonds is 17. The van der Waals surface area contributed by atoms with Crippen LogP contribution in [0.1, 0.15) is 146 Å². The zero-order valence-corrected chi connectivity index (χ0v) is 69.7. The number of phenolic OH excluding ortho intramolecular Hbond substituents is 1. The average Bonchev–Trinajstić information content (AvgIpc) is 0.874. The monoisotopic (exact) mass is 1610 g/mol. The van der Waals surface area contributed by atoms with E-state index in [0.29, 0.717) is 17.9 Å². The van der Waals surface area contributed by atoms with Crippen molar-refractivity contribution in [2.45, 2.75) is 284 Å². The quantitative estimate of drug-likeness (QED) is 0.0604. The number of primary amides is 1. The minimum atomic E-state index is -2.63. The number of likely N-dealkylation sites (N-methyl/N-ethyl adjacent to an activating group) is 3. The number of anilines is 1. The second-order valence-electron chi connectivity index (χ2n) is 33.5. The number of thioether (sulfide) groups is 1. The van der Waals surface area contributed by atoms with Crippen LogP contribution in [0, 0.1) is 41.4 Å². The molecule has 0 unspecified atom stereocenters. The first-order valence-corrected chi connectivity index (χ1v) is 40.3. The molecule has 1 aromatic carbocycles. The maximum Gasteiger partial charge on any atom is 0.311 e. The highest BCUT2D eigenvalue weighted by Gasteiger charge is 2.65. The fourth-order valence-corrected chi connectivity index (χ4v) is 19.1. The Balaban J connectivity index is 0.000000245. The van der Waals surface area contributed by atoms with Gasteiger partial charge in [0.05, 0.1) is 76.7 Å². The molecule has 3 aliphatic carbocycles. The number of hydrogen-bond acceptors (Lipinski definition) is 30. The number of carbonyl (C=O) groups excluding carboxylic acids is 6. The predicted octanol–water partition coefficient (Wildman–Crippen LogP) is 2.21. The molecule has 5 saturated heterocycles. The lowest BCUT2D eigenvalue weighted by atomic mass is 9.57. The lowest BCUT2D eigenvalue weighted by molar-refractivity contribution is -0.318. The van der Waals surface area contributed by atoms with Crippen molar-refractivity contribution in [3.63, 3.8) is 0 Å². The van der Waals surface area contributed by atoms with Gasteiger partial charge in [-0.15, -0.1) is 23.4 Å². The van der Waals surface area contributed by atoms with Gasteiger partial charge in [-0.3, -0.25) is 38.6 Å². The summed E-state index contributed by atoms with van der Waals surface area (Å²) in [7, 11) is 13.9. The first-order valence-electron chi connectivity index (χ1n) is 38.6. The predicted molar refractivity (Wildman–Crippen MR) is 412 cm³/mol. The number of fused-ring (bicyclic) bond motifs is 3. The number of aliphatic hydroxyl groups is 11. The zero-order chi connectivity index (χ0) is 83.8. The van der Waals surface area contributed by atoms with E-state index in [2.05, 4.69) is 12.2 Å². The first kappa shape index (κ1) is 93.4. The fraction of sp³-hybridized carbons (Fsp3) is 0.795. The Labute approximate surface area is 661 Å². The number of methoxy groups -OCH3 is 1. The molecule has 33 heteroatoms. The molecule has 0 aromatic heterocycles. The molecule has 2 amide bonds. The SMILES string of the molecule is CCC[C@@H]1C[C@@H](C(=O)N[C@@H]([C@H]2O[C@H](SC)[C@H](O)[C@@H](O)[C@H]2O)[C@H](C)Cl)N(C)C1.CC[C@H]1OC(=O)[C@H](C)[C@@H](O[C@H]2C[C@@](C)(OC)[C@@H](O)[C@H](C)O2)[C@H](C)[C@@H](O[C@@H]2O[C@H](C)C[C@H](N(C)C)[C@H]2O)[C@](C)(O)C[C@@H](C)C(=O)[C@H](C)[C@@H](O)[C@]1(C)O.CN(C)c1ccc(O)c2c1C[C@H]1C[C@H]3[C@H](N(C)C)C(=O)C(C(N)=O)=C(O)[C@@]3(O)C(=O)C1=C2O. The Bertz CT molecular complexity index is 3510. The van der Waals surface area contributed by atoms with E-state index in [1.165, 1.54) is 50.6 Å². The van der Waals surface area contributed by atoms with Crippen molar-refractivity contribution in [1.29, 1.82) is 0 Å². The van der Waals surface area contributed by atoms with E-state index in [-0.39, 0.29) is 73.1 Å². The summed E-state index contributed by atoms with van der Waals surface area (Å²) in [6, 6.07) is 0.750. The van der Waals surface area contributed by atoms with E-state index in [0.717, 1.165) is 31.5 Å². The molecule has 1 aromatic rings. The van der Waals surface area contributed by atoms with Gasteiger partial charge in [-0.25, -0.2) is 0 Å². The minimum absolute atomic E-state index is 0.0638. The number of halogens is 1. The Kier molecular flexibility index (Phi) is 31.3. The minimum Gasteiger partial charge on any atom is -0.508 e. The largest absolute Gasteiger partial charge is 0.508 e. The zero-order valence-electron chi connectivity index (χ0n) is 68.1. The van der Waals surface area contributed by atoms with Crippen molar-refractivity contribution in [3.8, 4) is 5.75 Å². The van der Waals surface area contributed by atoms with E-state index in [4.69, 9.17) is 50.5 Å². The maximum absolute atomic E-state index is 14.1. The van der Waals surface area contributed by atoms with Crippen LogP contribution in [-0.4, -0.2) is 324 Å². The van der Waals surface area contributed by atoms with Crippen molar-refractivity contribution in [3.05, 3.63) is 40.2 Å². The van der Waals surface area contributed by atoms with Crippen molar-refractivity contribution < 1.29 is 123 Å². The Hall–Kier alpha value is -4.76. The molecule has 5 aliphatic heterocycles. The Morgan fingerprint density at radius 3 is 2.00 bits per heavy atom. The molecule has 632 valence electrons. The summed E-state index contributed by atoms with van der Waals surface area (Å²) in [5.74, 6) is -11.2. The van der Waals surface area contributed by atoms with Gasteiger partial charge >= 0.3 is 5.97 Å². The van der Waals surface area contributed by atoms with Crippen molar-refractivity contribution >= 4 is 69.9 Å². The second-order valence-corrected chi connectivity index (χ2v) is 35.1. The lowest BCUT2D eigenvalue weighted by Gasteiger charge is -2.50. The number of cyclic esters (lactones) is 1. The van der Waals surface area contributed by atoms with Gasteiger partial charge in [-0.05, 0) is 164 Å². The maximum atomic E-state index is 14.1. The molecule has 0 bridgehead atoms. The van der Waals surface area contributed by atoms with Crippen LogP contribution < -0.4 is 16.0 Å². The number of nitrogens with one attached hydrogen (secondary N) is 1. The molecular formula is C78H127ClN6O25S. The molecule has 31 nitrogen and oxygen atoms in total. The Morgan fingerprint density at radius 1 is 0.820 bits per heavy atom. The van der Waals surface area contributed by atoms with Crippen LogP contribution >= 0.6 is 23.4 Å². The molecule has 111 heavy (non-hydrogen) atoms. The highest BCUT2D eigenvalue weighted by Crippen LogP contribution is 2.54. The summed E-state index contributed by atoms with van der Waals surface area (Å²) in [6.07, 6.45) is -9.48. The van der Waals surface area contributed by atoms with Crippen LogP contribution in [0.25, 0.3) is 5.76 Å². The molecule has 9 rings (SSSR count). The molecule has 15 N–H and O–H groups in total. The van der Waals surface area contributed by atoms with Crippen LogP contribution in [0.5, 0.6) is 5.75 Å². The van der Waals surface area contributed by atoms with Gasteiger partial charge < -0.3 is 115 Å². The van der Waals surface area contributed by atoms with Gasteiger partial charge in [0.25, 0.3) is 5.91 Å². The third-order valence-electron chi connectivity index (χ3n) is 24.5. The van der Waals surface area contributed by atoms with Crippen LogP contribution in [-0.2, 0) is 68.3 Å². The highest BCUT2D eigenvalue weighted by molar-refractivity contribution is 7.99. The summed E-state index contributed by atoms with van der Waals surface area (Å²) >= 11 is 7.55. The number of nitrogens with zero attached hydrogens (tertiary/aromatic N) is 4. The van der Waals surface area contributed by atoms with Gasteiger partial charge in [-0.2, -0.15) is 0 Å². The number of hydrogen-bond donors (Lipinski definition) is 14. The summed E-state index contributed by atoms with van der Waals surface area (Å²) in [4.78, 5) is 86.7. The molecule has 8 aliphatic rings. The van der Waals surface area contributed by atoms with Gasteiger partial charge in [0, 0.05) is 75.1 Å². The number of ketones is 3. The van der Waals surface area contributed by atoms with E-state index in [1.807, 2.05) is 56.9 Å². The number of amides is 2. The van der Waals surface area contributed by atoms with Crippen LogP contribution in [0.4, 0.5) is 5.69 Å². The first-order chi connectivity index (χ1) is 51.5. The third kappa shape index (κ3) is 19.1. The molecule has 31 atom stereocenters. The van der Waals surface area contributed by atoms with E-state index >= 15 is 0 Å². The molecule has 0 radical (unpaired) electrons. The standard InChI is InChI=1S/C37H67NO13.C23H27N3O7.C18H33ClN2O5S/c1-14-25-37(10,45)30(41)20(4)27(39)18(2)16-35(8,44)32(51-34-28(40)24(38(11)12)15-19(3)47-34)21(5)29(22(6)33(43)49-25)50-26-17-36(9,46-13)31(42)23(7)48-26;1-25(2)12-5-6-13(27)15-10(12)7-9-8-11-17(26(3)4)19(29)16(22(24)32)21(31)23(11,33)20(30)14(9)18(15)28;1-5-6-10-7-11(21(3)8-10)17(25)20-12(9(2)19)16-14(23)13(22)15(24)18(26-16)27-4/h18-26,28-32,34,40-42,44-45H,14-17H2,1-13H3;5-6,9,11,17,27-28,31,33H,7-8H2,1-4H3,(H2,24,32);9-16,18,22-24H,5-8H2,1-4H3,(H,20,25)/t18-,19-,20+,21+,22-,23+,24+,25-,26+,28-,29+,30-,31+,32-,34+,35-,36-,37-;9-,11-,17-,23-;9-,10+,11-,12+,13-,14+,15+,16+,18+/m100/s1. The van der Waals surface area contributed by atoms with Crippen LogP contribution in [0.2, 0.25) is 0 Å². The lowest BCUT2D eigenvalue weighted by Crippen LogP contribution is -2.65. The third-order valence-corrected chi connectivity index (χ3v) is 25.6. The molecule has 6 fully saturated rings. The van der Waals surface area contributed by atoms with Gasteiger partial charge in [0.2, 0.25) is 11.7 Å². The van der Waals surface area contributed by atoms with Crippen molar-refractivity contribution in [1.82, 2.24) is 20.0 Å². The number of ether oxygens (including phenoxy) is 7. The number of alkyl halides is 1. The second kappa shape index (κ2) is 37.2. The van der Waals surface area contributed by atoms with Crippen molar-refractivity contribution in [2.24, 2.45) is 47.2 Å². The summed E-state index contributed by atoms with van der Waals surface area (Å²) in [6.45, 7) is 21.1. The molecular weight excluding hydrogens is 1490 g/mol.